The monoisotopic (exact) mass is 308 g/mol. The largest absolute Gasteiger partial charge is 0.537 e. The number of benzene rings is 1. The van der Waals surface area contributed by atoms with Gasteiger partial charge in [-0.15, -0.1) is 0 Å². The molecule has 0 aliphatic heterocycles. The second kappa shape index (κ2) is 6.83. The van der Waals surface area contributed by atoms with E-state index < -0.39 is 8.80 Å². The molecule has 2 rings (SSSR count). The van der Waals surface area contributed by atoms with Crippen molar-refractivity contribution < 1.29 is 18.1 Å². The number of hydrogen-bond donors (Lipinski definition) is 0. The van der Waals surface area contributed by atoms with E-state index in [1.54, 1.807) is 0 Å². The lowest BCUT2D eigenvalue weighted by Gasteiger charge is -2.30. The van der Waals surface area contributed by atoms with Crippen LogP contribution in [-0.2, 0) is 19.7 Å². The predicted octanol–water partition coefficient (Wildman–Crippen LogP) is 2.32. The number of Topliss-reactive ketones (excluding diaryl/α,β-unsaturated/α-hetero) is 1. The molecule has 1 atom stereocenters. The van der Waals surface area contributed by atoms with E-state index >= 15 is 0 Å². The number of carbonyl (C=O) groups excluding carboxylic acids is 1. The summed E-state index contributed by atoms with van der Waals surface area (Å²) in [5, 5.41) is 0.833. The molecule has 5 heteroatoms. The van der Waals surface area contributed by atoms with Crippen LogP contribution in [0.4, 0.5) is 0 Å². The van der Waals surface area contributed by atoms with Gasteiger partial charge in [-0.25, -0.2) is 0 Å². The molecule has 1 aromatic rings. The van der Waals surface area contributed by atoms with Gasteiger partial charge in [0.25, 0.3) is 0 Å². The zero-order valence-corrected chi connectivity index (χ0v) is 14.3. The minimum Gasteiger partial charge on any atom is -0.370 e. The number of ketones is 1. The molecule has 0 saturated carbocycles. The van der Waals surface area contributed by atoms with E-state index in [1.165, 1.54) is 0 Å². The average Bonchev–Trinajstić information content (AvgIpc) is 2.75. The summed E-state index contributed by atoms with van der Waals surface area (Å²) in [6, 6.07) is 5.92. The lowest BCUT2D eigenvalue weighted by Crippen LogP contribution is -2.58. The smallest absolute Gasteiger partial charge is 0.370 e. The standard InChI is InChI=1S/C16H24O4Si/c1-5-18-21(19-6-2,20-7-3)14-10-8-9-13-11-12(4)16(17)15(13)14/h8-10,12H,5-7,11H2,1-4H3/t12-/m0/s1. The van der Waals surface area contributed by atoms with Gasteiger partial charge in [0.15, 0.2) is 5.78 Å². The van der Waals surface area contributed by atoms with Crippen LogP contribution < -0.4 is 5.19 Å². The van der Waals surface area contributed by atoms with Gasteiger partial charge in [-0.1, -0.05) is 25.1 Å². The molecule has 0 spiro atoms. The highest BCUT2D eigenvalue weighted by Gasteiger charge is 2.48. The Morgan fingerprint density at radius 3 is 2.19 bits per heavy atom. The molecule has 116 valence electrons. The Morgan fingerprint density at radius 1 is 1.10 bits per heavy atom. The molecule has 21 heavy (non-hydrogen) atoms. The lowest BCUT2D eigenvalue weighted by molar-refractivity contribution is 0.0843. The van der Waals surface area contributed by atoms with E-state index in [1.807, 2.05) is 45.9 Å². The minimum absolute atomic E-state index is 0.0257. The van der Waals surface area contributed by atoms with Gasteiger partial charge in [0.05, 0.1) is 0 Å². The maximum absolute atomic E-state index is 12.5. The van der Waals surface area contributed by atoms with Crippen LogP contribution in [0.3, 0.4) is 0 Å². The highest BCUT2D eigenvalue weighted by molar-refractivity contribution is 6.76. The molecule has 4 nitrogen and oxygen atoms in total. The maximum Gasteiger partial charge on any atom is 0.537 e. The summed E-state index contributed by atoms with van der Waals surface area (Å²) in [4.78, 5) is 12.5. The van der Waals surface area contributed by atoms with E-state index in [9.17, 15) is 4.79 Å². The summed E-state index contributed by atoms with van der Waals surface area (Å²) in [5.41, 5.74) is 1.85. The Balaban J connectivity index is 2.56. The Labute approximate surface area is 127 Å². The SMILES string of the molecule is CCO[Si](OCC)(OCC)c1cccc2c1C(=O)[C@@H](C)C2. The van der Waals surface area contributed by atoms with Crippen LogP contribution in [0, 0.1) is 5.92 Å². The molecule has 1 aliphatic rings. The molecule has 0 aromatic heterocycles. The third-order valence-corrected chi connectivity index (χ3v) is 6.79. The number of hydrogen-bond acceptors (Lipinski definition) is 4. The third kappa shape index (κ3) is 2.96. The van der Waals surface area contributed by atoms with E-state index in [4.69, 9.17) is 13.3 Å². The summed E-state index contributed by atoms with van der Waals surface area (Å²) in [6.45, 7) is 9.24. The Hall–Kier alpha value is -1.01. The Bertz CT molecular complexity index is 498. The van der Waals surface area contributed by atoms with Gasteiger partial charge in [-0.05, 0) is 32.8 Å². The molecular formula is C16H24O4Si. The van der Waals surface area contributed by atoms with Crippen molar-refractivity contribution in [3.63, 3.8) is 0 Å². The first-order valence-electron chi connectivity index (χ1n) is 7.68. The Kier molecular flexibility index (Phi) is 5.32. The van der Waals surface area contributed by atoms with Gasteiger partial charge in [-0.2, -0.15) is 0 Å². The molecule has 1 aromatic carbocycles. The van der Waals surface area contributed by atoms with Gasteiger partial charge < -0.3 is 13.3 Å². The van der Waals surface area contributed by atoms with Crippen LogP contribution in [0.25, 0.3) is 0 Å². The normalized spacial score (nSPS) is 18.1. The van der Waals surface area contributed by atoms with Gasteiger partial charge in [0.1, 0.15) is 0 Å². The van der Waals surface area contributed by atoms with Crippen LogP contribution in [-0.4, -0.2) is 34.4 Å². The minimum atomic E-state index is -3.02. The van der Waals surface area contributed by atoms with Crippen LogP contribution in [0.1, 0.15) is 43.6 Å². The molecule has 0 bridgehead atoms. The molecule has 0 heterocycles. The Morgan fingerprint density at radius 2 is 1.67 bits per heavy atom. The summed E-state index contributed by atoms with van der Waals surface area (Å²) in [6.07, 6.45) is 0.789. The van der Waals surface area contributed by atoms with Crippen molar-refractivity contribution in [2.24, 2.45) is 5.92 Å². The van der Waals surface area contributed by atoms with Crippen molar-refractivity contribution in [1.29, 1.82) is 0 Å². The van der Waals surface area contributed by atoms with Crippen molar-refractivity contribution in [2.45, 2.75) is 34.1 Å². The van der Waals surface area contributed by atoms with Crippen molar-refractivity contribution in [3.8, 4) is 0 Å². The van der Waals surface area contributed by atoms with E-state index in [0.717, 1.165) is 22.7 Å². The molecule has 0 fully saturated rings. The van der Waals surface area contributed by atoms with Crippen molar-refractivity contribution in [3.05, 3.63) is 29.3 Å². The topological polar surface area (TPSA) is 44.8 Å². The van der Waals surface area contributed by atoms with E-state index in [2.05, 4.69) is 0 Å². The second-order valence-corrected chi connectivity index (χ2v) is 7.68. The van der Waals surface area contributed by atoms with Gasteiger partial charge in [0, 0.05) is 36.5 Å². The molecule has 1 aliphatic carbocycles. The fourth-order valence-corrected chi connectivity index (χ4v) is 5.66. The first-order chi connectivity index (χ1) is 10.1. The quantitative estimate of drug-likeness (QED) is 0.725. The molecule has 0 amide bonds. The fraction of sp³-hybridized carbons (Fsp3) is 0.562. The second-order valence-electron chi connectivity index (χ2n) is 5.16. The first-order valence-corrected chi connectivity index (χ1v) is 9.40. The van der Waals surface area contributed by atoms with Crippen LogP contribution in [0.2, 0.25) is 0 Å². The maximum atomic E-state index is 12.5. The van der Waals surface area contributed by atoms with E-state index in [0.29, 0.717) is 19.8 Å². The molecular weight excluding hydrogens is 284 g/mol. The summed E-state index contributed by atoms with van der Waals surface area (Å²) in [7, 11) is -3.02. The van der Waals surface area contributed by atoms with Crippen molar-refractivity contribution >= 4 is 19.8 Å². The average molecular weight is 308 g/mol. The lowest BCUT2D eigenvalue weighted by atomic mass is 10.1. The molecule has 0 N–H and O–H groups in total. The number of rotatable bonds is 7. The van der Waals surface area contributed by atoms with Gasteiger partial charge in [0.2, 0.25) is 0 Å². The number of carbonyl (C=O) groups is 1. The first kappa shape index (κ1) is 16.4. The zero-order chi connectivity index (χ0) is 15.5. The third-order valence-electron chi connectivity index (χ3n) is 3.70. The fourth-order valence-electron chi connectivity index (χ4n) is 2.91. The molecule has 0 unspecified atom stereocenters. The molecule has 0 radical (unpaired) electrons. The van der Waals surface area contributed by atoms with Crippen molar-refractivity contribution in [2.75, 3.05) is 19.8 Å². The van der Waals surface area contributed by atoms with Gasteiger partial charge >= 0.3 is 8.80 Å². The van der Waals surface area contributed by atoms with Crippen molar-refractivity contribution in [1.82, 2.24) is 0 Å². The summed E-state index contributed by atoms with van der Waals surface area (Å²) >= 11 is 0. The summed E-state index contributed by atoms with van der Waals surface area (Å²) < 4.78 is 17.8. The molecule has 0 saturated heterocycles. The van der Waals surface area contributed by atoms with Gasteiger partial charge in [-0.3, -0.25) is 4.79 Å². The highest BCUT2D eigenvalue weighted by Crippen LogP contribution is 2.27. The predicted molar refractivity (Wildman–Crippen MR) is 83.9 cm³/mol. The van der Waals surface area contributed by atoms with Crippen LogP contribution in [0.5, 0.6) is 0 Å². The highest BCUT2D eigenvalue weighted by atomic mass is 28.4. The summed E-state index contributed by atoms with van der Waals surface area (Å²) in [5.74, 6) is 0.203. The van der Waals surface area contributed by atoms with E-state index in [-0.39, 0.29) is 11.7 Å². The van der Waals surface area contributed by atoms with Crippen LogP contribution in [0.15, 0.2) is 18.2 Å². The number of fused-ring (bicyclic) bond motifs is 1. The zero-order valence-electron chi connectivity index (χ0n) is 13.3. The van der Waals surface area contributed by atoms with Crippen LogP contribution >= 0.6 is 0 Å².